The molecule has 0 unspecified atom stereocenters. The van der Waals surface area contributed by atoms with E-state index in [0.29, 0.717) is 12.0 Å². The van der Waals surface area contributed by atoms with Crippen molar-refractivity contribution >= 4 is 15.9 Å². The van der Waals surface area contributed by atoms with Crippen molar-refractivity contribution in [3.8, 4) is 5.75 Å². The lowest BCUT2D eigenvalue weighted by Gasteiger charge is -2.28. The summed E-state index contributed by atoms with van der Waals surface area (Å²) in [4.78, 5) is 0. The van der Waals surface area contributed by atoms with E-state index in [2.05, 4.69) is 53.3 Å². The highest BCUT2D eigenvalue weighted by molar-refractivity contribution is 9.10. The van der Waals surface area contributed by atoms with Crippen molar-refractivity contribution in [3.05, 3.63) is 28.2 Å². The van der Waals surface area contributed by atoms with Crippen molar-refractivity contribution in [3.63, 3.8) is 0 Å². The second-order valence-corrected chi connectivity index (χ2v) is 8.07. The Hall–Kier alpha value is -0.580. The van der Waals surface area contributed by atoms with Crippen LogP contribution in [0, 0.1) is 11.3 Å². The largest absolute Gasteiger partial charge is 0.493 e. The fourth-order valence-corrected chi connectivity index (χ4v) is 3.87. The highest BCUT2D eigenvalue weighted by Gasteiger charge is 2.49. The third kappa shape index (κ3) is 3.34. The first-order valence-corrected chi connectivity index (χ1v) is 9.15. The molecule has 0 radical (unpaired) electrons. The summed E-state index contributed by atoms with van der Waals surface area (Å²) in [5.41, 5.74) is 1.34. The van der Waals surface area contributed by atoms with Crippen LogP contribution in [0.3, 0.4) is 0 Å². The number of fused-ring (bicyclic) bond motifs is 1. The molecule has 2 aliphatic rings. The van der Waals surface area contributed by atoms with Crippen molar-refractivity contribution in [2.75, 3.05) is 13.2 Å². The van der Waals surface area contributed by atoms with Crippen molar-refractivity contribution < 1.29 is 9.84 Å². The summed E-state index contributed by atoms with van der Waals surface area (Å²) in [7, 11) is 0. The van der Waals surface area contributed by atoms with Crippen LogP contribution in [0.5, 0.6) is 5.75 Å². The lowest BCUT2D eigenvalue weighted by Crippen LogP contribution is -2.37. The van der Waals surface area contributed by atoms with Gasteiger partial charge in [0.1, 0.15) is 5.75 Å². The molecule has 0 spiro atoms. The van der Waals surface area contributed by atoms with Crippen molar-refractivity contribution in [1.82, 2.24) is 5.32 Å². The van der Waals surface area contributed by atoms with Crippen LogP contribution in [-0.4, -0.2) is 24.4 Å². The van der Waals surface area contributed by atoms with Gasteiger partial charge < -0.3 is 15.2 Å². The number of halogens is 1. The van der Waals surface area contributed by atoms with Crippen LogP contribution in [0.4, 0.5) is 0 Å². The molecular weight excluding hydrogens is 342 g/mol. The molecule has 0 saturated heterocycles. The molecule has 1 aliphatic heterocycles. The van der Waals surface area contributed by atoms with Crippen LogP contribution in [0.15, 0.2) is 22.7 Å². The van der Waals surface area contributed by atoms with Gasteiger partial charge in [0.2, 0.25) is 0 Å². The Morgan fingerprint density at radius 2 is 2.18 bits per heavy atom. The third-order valence-corrected chi connectivity index (χ3v) is 5.59. The molecule has 1 aliphatic carbocycles. The van der Waals surface area contributed by atoms with Gasteiger partial charge in [-0.2, -0.15) is 0 Å². The molecule has 3 rings (SSSR count). The van der Waals surface area contributed by atoms with Crippen molar-refractivity contribution in [2.24, 2.45) is 11.3 Å². The Balaban J connectivity index is 1.71. The van der Waals surface area contributed by atoms with Crippen LogP contribution in [0.1, 0.15) is 51.1 Å². The number of hydrogen-bond acceptors (Lipinski definition) is 3. The molecule has 0 aromatic heterocycles. The fourth-order valence-electron chi connectivity index (χ4n) is 3.53. The summed E-state index contributed by atoms with van der Waals surface area (Å²) in [5, 5.41) is 14.2. The molecule has 0 amide bonds. The van der Waals surface area contributed by atoms with E-state index in [1.165, 1.54) is 5.56 Å². The van der Waals surface area contributed by atoms with Gasteiger partial charge in [-0.15, -0.1) is 0 Å². The van der Waals surface area contributed by atoms with Crippen LogP contribution in [-0.2, 0) is 0 Å². The second kappa shape index (κ2) is 6.50. The molecule has 2 N–H and O–H groups in total. The molecular formula is C18H26BrNO2. The van der Waals surface area contributed by atoms with Gasteiger partial charge in [0.15, 0.2) is 0 Å². The minimum atomic E-state index is -0.202. The fraction of sp³-hybridized carbons (Fsp3) is 0.667. The van der Waals surface area contributed by atoms with Crippen LogP contribution < -0.4 is 10.1 Å². The summed E-state index contributed by atoms with van der Waals surface area (Å²) in [6.07, 6.45) is 4.21. The lowest BCUT2D eigenvalue weighted by atomic mass is 9.89. The Bertz CT molecular complexity index is 528. The van der Waals surface area contributed by atoms with Gasteiger partial charge in [-0.3, -0.25) is 0 Å². The number of aliphatic hydroxyl groups excluding tert-OH is 1. The first-order chi connectivity index (χ1) is 10.5. The third-order valence-electron chi connectivity index (χ3n) is 5.10. The van der Waals surface area contributed by atoms with Crippen LogP contribution >= 0.6 is 15.9 Å². The molecule has 2 atom stereocenters. The topological polar surface area (TPSA) is 41.5 Å². The Morgan fingerprint density at radius 1 is 1.41 bits per heavy atom. The van der Waals surface area contributed by atoms with E-state index in [1.807, 2.05) is 0 Å². The van der Waals surface area contributed by atoms with Gasteiger partial charge in [0.05, 0.1) is 12.7 Å². The monoisotopic (exact) mass is 367 g/mol. The van der Waals surface area contributed by atoms with Gasteiger partial charge in [0, 0.05) is 28.0 Å². The number of hydrogen-bond donors (Lipinski definition) is 2. The van der Waals surface area contributed by atoms with Crippen LogP contribution in [0.2, 0.25) is 0 Å². The first-order valence-electron chi connectivity index (χ1n) is 8.35. The van der Waals surface area contributed by atoms with Crippen molar-refractivity contribution in [1.29, 1.82) is 0 Å². The predicted molar refractivity (Wildman–Crippen MR) is 92.1 cm³/mol. The van der Waals surface area contributed by atoms with Gasteiger partial charge in [0.25, 0.3) is 0 Å². The smallest absolute Gasteiger partial charge is 0.125 e. The Labute approximate surface area is 141 Å². The predicted octanol–water partition coefficient (Wildman–Crippen LogP) is 4.05. The normalized spacial score (nSPS) is 24.3. The molecule has 1 aromatic rings. The lowest BCUT2D eigenvalue weighted by molar-refractivity contribution is 0.0487. The number of aliphatic hydroxyl groups is 1. The molecule has 4 heteroatoms. The van der Waals surface area contributed by atoms with Gasteiger partial charge in [-0.1, -0.05) is 35.8 Å². The van der Waals surface area contributed by atoms with Gasteiger partial charge in [-0.25, -0.2) is 0 Å². The average Bonchev–Trinajstić information content (AvgIpc) is 3.28. The maximum atomic E-state index is 10.5. The molecule has 122 valence electrons. The molecule has 0 bridgehead atoms. The minimum Gasteiger partial charge on any atom is -0.493 e. The zero-order chi connectivity index (χ0) is 15.7. The molecule has 22 heavy (non-hydrogen) atoms. The Morgan fingerprint density at radius 3 is 2.86 bits per heavy atom. The zero-order valence-electron chi connectivity index (χ0n) is 13.4. The van der Waals surface area contributed by atoms with E-state index in [4.69, 9.17) is 4.74 Å². The summed E-state index contributed by atoms with van der Waals surface area (Å²) < 4.78 is 6.93. The first kappa shape index (κ1) is 16.3. The number of rotatable bonds is 5. The quantitative estimate of drug-likeness (QED) is 0.824. The molecule has 1 heterocycles. The summed E-state index contributed by atoms with van der Waals surface area (Å²) in [5.74, 6) is 1.31. The molecule has 3 nitrogen and oxygen atoms in total. The maximum Gasteiger partial charge on any atom is 0.125 e. The summed E-state index contributed by atoms with van der Waals surface area (Å²) >= 11 is 3.52. The van der Waals surface area contributed by atoms with E-state index in [1.54, 1.807) is 0 Å². The molecule has 1 saturated carbocycles. The van der Waals surface area contributed by atoms with Gasteiger partial charge >= 0.3 is 0 Å². The zero-order valence-corrected chi connectivity index (χ0v) is 15.0. The summed E-state index contributed by atoms with van der Waals surface area (Å²) in [6, 6.07) is 6.62. The van der Waals surface area contributed by atoms with E-state index in [0.717, 1.165) is 49.1 Å². The van der Waals surface area contributed by atoms with E-state index in [-0.39, 0.29) is 11.5 Å². The number of benzene rings is 1. The Kier molecular flexibility index (Phi) is 4.81. The number of ether oxygens (including phenoxy) is 1. The van der Waals surface area contributed by atoms with Crippen LogP contribution in [0.25, 0.3) is 0 Å². The standard InChI is InChI=1S/C18H26BrNO2/c1-12(2)17(21)18(7-8-18)11-20-15-4-3-9-22-16-10-13(19)5-6-14(15)16/h5-6,10,12,15,17,20-21H,3-4,7-9,11H2,1-2H3/t15-,17+/m1/s1. The highest BCUT2D eigenvalue weighted by Crippen LogP contribution is 2.50. The van der Waals surface area contributed by atoms with Crippen molar-refractivity contribution in [2.45, 2.75) is 51.7 Å². The van der Waals surface area contributed by atoms with Gasteiger partial charge in [-0.05, 0) is 43.7 Å². The number of nitrogens with one attached hydrogen (secondary N) is 1. The maximum absolute atomic E-state index is 10.5. The van der Waals surface area contributed by atoms with E-state index >= 15 is 0 Å². The summed E-state index contributed by atoms with van der Waals surface area (Å²) in [6.45, 7) is 5.89. The average molecular weight is 368 g/mol. The minimum absolute atomic E-state index is 0.0941. The molecule has 1 fully saturated rings. The second-order valence-electron chi connectivity index (χ2n) is 7.16. The van der Waals surface area contributed by atoms with E-state index in [9.17, 15) is 5.11 Å². The molecule has 1 aromatic carbocycles. The van der Waals surface area contributed by atoms with E-state index < -0.39 is 0 Å². The highest BCUT2D eigenvalue weighted by atomic mass is 79.9. The SMILES string of the molecule is CC(C)[C@H](O)C1(CN[C@@H]2CCCOc3cc(Br)ccc32)CC1.